The first-order valence-corrected chi connectivity index (χ1v) is 14.9. The molecule has 212 valence electrons. The lowest BCUT2D eigenvalue weighted by molar-refractivity contribution is -0.136. The van der Waals surface area contributed by atoms with E-state index in [2.05, 4.69) is 47.9 Å². The van der Waals surface area contributed by atoms with E-state index < -0.39 is 17.0 Å². The van der Waals surface area contributed by atoms with Crippen LogP contribution in [0.2, 0.25) is 0 Å². The van der Waals surface area contributed by atoms with E-state index in [1.54, 1.807) is 6.08 Å². The first kappa shape index (κ1) is 27.4. The first-order valence-electron chi connectivity index (χ1n) is 14.9. The summed E-state index contributed by atoms with van der Waals surface area (Å²) in [7, 11) is 1.53. The number of hydrogen-bond acceptors (Lipinski definition) is 5. The molecule has 6 rings (SSSR count). The van der Waals surface area contributed by atoms with Crippen molar-refractivity contribution in [1.82, 2.24) is 0 Å². The predicted molar refractivity (Wildman–Crippen MR) is 153 cm³/mol. The number of methoxy groups -OCH3 is 1. The molecule has 0 spiro atoms. The molecule has 3 fully saturated rings. The standard InChI is InChI=1S/C34H40FNO4/c1-33-20-28(22-6-8-23(9-7-22)36-15-3-4-16-36)32-25-11-10-24(38)18-26(25)30(35)19-27(32)29(33)12-14-34(33,13-5-17-37)31(39)21-40-2/h6-9,18,27-30,37H,3-4,10-12,14-17,19-21H2,1-2H3/t27-,28?,29-,30?,33-,34+/m0/s1. The van der Waals surface area contributed by atoms with Crippen LogP contribution in [0.3, 0.4) is 0 Å². The second-order valence-electron chi connectivity index (χ2n) is 12.6. The SMILES string of the molecule is COCC(=O)[C@@]1(C#CCO)CC[C@H]2[C@@H]3CC(F)C4=CC(=O)CCC4=C3C(c3ccc(N4CCCC4)cc3)C[C@@]21C. The van der Waals surface area contributed by atoms with Crippen molar-refractivity contribution in [2.45, 2.75) is 70.4 Å². The number of fused-ring (bicyclic) bond motifs is 4. The lowest BCUT2D eigenvalue weighted by Gasteiger charge is -2.55. The molecule has 0 amide bonds. The summed E-state index contributed by atoms with van der Waals surface area (Å²) in [4.78, 5) is 28.6. The highest BCUT2D eigenvalue weighted by Gasteiger charge is 2.66. The maximum Gasteiger partial charge on any atom is 0.176 e. The molecule has 0 bridgehead atoms. The zero-order valence-electron chi connectivity index (χ0n) is 23.7. The summed E-state index contributed by atoms with van der Waals surface area (Å²) in [5, 5.41) is 9.64. The average molecular weight is 546 g/mol. The Kier molecular flexibility index (Phi) is 7.25. The Hall–Kier alpha value is -2.75. The molecule has 1 saturated heterocycles. The van der Waals surface area contributed by atoms with Crippen LogP contribution in [0, 0.1) is 34.5 Å². The van der Waals surface area contributed by atoms with Crippen molar-refractivity contribution in [2.75, 3.05) is 38.3 Å². The van der Waals surface area contributed by atoms with Crippen molar-refractivity contribution < 1.29 is 23.8 Å². The normalized spacial score (nSPS) is 35.0. The number of anilines is 1. The van der Waals surface area contributed by atoms with Crippen molar-refractivity contribution in [1.29, 1.82) is 0 Å². The molecule has 1 aromatic carbocycles. The summed E-state index contributed by atoms with van der Waals surface area (Å²) in [5.41, 5.74) is 3.86. The quantitative estimate of drug-likeness (QED) is 0.507. The molecular weight excluding hydrogens is 505 g/mol. The van der Waals surface area contributed by atoms with E-state index in [4.69, 9.17) is 4.74 Å². The molecule has 4 aliphatic carbocycles. The van der Waals surface area contributed by atoms with Gasteiger partial charge in [-0.2, -0.15) is 0 Å². The van der Waals surface area contributed by atoms with Gasteiger partial charge in [0.25, 0.3) is 0 Å². The molecule has 2 saturated carbocycles. The van der Waals surface area contributed by atoms with Crippen molar-refractivity contribution in [3.63, 3.8) is 0 Å². The van der Waals surface area contributed by atoms with Crippen LogP contribution in [0.5, 0.6) is 0 Å². The number of ether oxygens (including phenoxy) is 1. The van der Waals surface area contributed by atoms with Crippen molar-refractivity contribution in [3.05, 3.63) is 52.6 Å². The van der Waals surface area contributed by atoms with Gasteiger partial charge < -0.3 is 14.7 Å². The van der Waals surface area contributed by atoms with Gasteiger partial charge in [-0.1, -0.05) is 36.5 Å². The van der Waals surface area contributed by atoms with Gasteiger partial charge in [0.1, 0.15) is 19.4 Å². The van der Waals surface area contributed by atoms with Crippen LogP contribution in [0.25, 0.3) is 0 Å². The van der Waals surface area contributed by atoms with Crippen LogP contribution < -0.4 is 4.90 Å². The average Bonchev–Trinajstić information content (AvgIpc) is 3.59. The third-order valence-electron chi connectivity index (χ3n) is 10.8. The minimum Gasteiger partial charge on any atom is -0.384 e. The fourth-order valence-electron chi connectivity index (χ4n) is 9.03. The number of alkyl halides is 1. The molecule has 5 nitrogen and oxygen atoms in total. The number of carbonyl (C=O) groups excluding carboxylic acids is 2. The van der Waals surface area contributed by atoms with Gasteiger partial charge in [-0.15, -0.1) is 0 Å². The number of benzene rings is 1. The van der Waals surface area contributed by atoms with Gasteiger partial charge in [0.05, 0.1) is 5.41 Å². The summed E-state index contributed by atoms with van der Waals surface area (Å²) in [6, 6.07) is 8.86. The first-order chi connectivity index (χ1) is 19.3. The minimum absolute atomic E-state index is 0.00160. The second kappa shape index (κ2) is 10.6. The number of halogens is 1. The maximum absolute atomic E-state index is 15.9. The smallest absolute Gasteiger partial charge is 0.176 e. The topological polar surface area (TPSA) is 66.8 Å². The molecule has 0 radical (unpaired) electrons. The summed E-state index contributed by atoms with van der Waals surface area (Å²) < 4.78 is 21.2. The van der Waals surface area contributed by atoms with Crippen LogP contribution >= 0.6 is 0 Å². The number of allylic oxidation sites excluding steroid dienone is 4. The van der Waals surface area contributed by atoms with Crippen LogP contribution in [-0.4, -0.2) is 56.3 Å². The summed E-state index contributed by atoms with van der Waals surface area (Å²) in [5.74, 6) is 6.13. The summed E-state index contributed by atoms with van der Waals surface area (Å²) in [6.07, 6.45) is 6.22. The number of Topliss-reactive ketones (excluding diaryl/α,β-unsaturated/α-hetero) is 1. The third-order valence-corrected chi connectivity index (χ3v) is 10.8. The molecule has 2 unspecified atom stereocenters. The van der Waals surface area contributed by atoms with Gasteiger partial charge in [0.15, 0.2) is 11.6 Å². The molecule has 0 aromatic heterocycles. The molecule has 6 heteroatoms. The zero-order valence-corrected chi connectivity index (χ0v) is 23.7. The largest absolute Gasteiger partial charge is 0.384 e. The monoisotopic (exact) mass is 545 g/mol. The van der Waals surface area contributed by atoms with E-state index in [0.29, 0.717) is 37.7 Å². The predicted octanol–water partition coefficient (Wildman–Crippen LogP) is 5.33. The molecule has 40 heavy (non-hydrogen) atoms. The Bertz CT molecular complexity index is 1310. The van der Waals surface area contributed by atoms with Gasteiger partial charge in [0.2, 0.25) is 0 Å². The number of rotatable bonds is 5. The second-order valence-corrected chi connectivity index (χ2v) is 12.6. The summed E-state index contributed by atoms with van der Waals surface area (Å²) in [6.45, 7) is 4.00. The lowest BCUT2D eigenvalue weighted by atomic mass is 9.48. The van der Waals surface area contributed by atoms with E-state index >= 15 is 4.39 Å². The maximum atomic E-state index is 15.9. The van der Waals surface area contributed by atoms with Gasteiger partial charge in [-0.25, -0.2) is 4.39 Å². The van der Waals surface area contributed by atoms with E-state index in [1.807, 2.05) is 0 Å². The highest BCUT2D eigenvalue weighted by atomic mass is 19.1. The van der Waals surface area contributed by atoms with Crippen molar-refractivity contribution >= 4 is 17.3 Å². The molecule has 6 atom stereocenters. The Morgan fingerprint density at radius 1 is 1.20 bits per heavy atom. The number of ketones is 2. The van der Waals surface area contributed by atoms with Gasteiger partial charge in [-0.05, 0) is 97.1 Å². The van der Waals surface area contributed by atoms with Crippen LogP contribution in [0.4, 0.5) is 10.1 Å². The highest BCUT2D eigenvalue weighted by molar-refractivity contribution is 5.93. The molecule has 1 aliphatic heterocycles. The fraction of sp³-hybridized carbons (Fsp3) is 0.588. The molecule has 1 aromatic rings. The third kappa shape index (κ3) is 4.20. The number of nitrogens with zero attached hydrogens (tertiary/aromatic N) is 1. The fourth-order valence-corrected chi connectivity index (χ4v) is 9.03. The molecule has 5 aliphatic rings. The Balaban J connectivity index is 1.50. The van der Waals surface area contributed by atoms with Gasteiger partial charge in [-0.3, -0.25) is 9.59 Å². The lowest BCUT2D eigenvalue weighted by Crippen LogP contribution is -2.52. The highest BCUT2D eigenvalue weighted by Crippen LogP contribution is 2.69. The number of carbonyl (C=O) groups is 2. The number of hydrogen-bond donors (Lipinski definition) is 1. The molecular formula is C34H40FNO4. The Labute approximate surface area is 236 Å². The van der Waals surface area contributed by atoms with E-state index in [-0.39, 0.29) is 42.5 Å². The summed E-state index contributed by atoms with van der Waals surface area (Å²) >= 11 is 0. The Morgan fingerprint density at radius 2 is 1.95 bits per heavy atom. The van der Waals surface area contributed by atoms with E-state index in [9.17, 15) is 14.7 Å². The number of aliphatic hydroxyl groups is 1. The zero-order chi connectivity index (χ0) is 28.1. The van der Waals surface area contributed by atoms with Crippen LogP contribution in [0.1, 0.15) is 69.8 Å². The van der Waals surface area contributed by atoms with Crippen LogP contribution in [0.15, 0.2) is 47.1 Å². The van der Waals surface area contributed by atoms with E-state index in [0.717, 1.165) is 25.1 Å². The minimum atomic E-state index is -1.18. The van der Waals surface area contributed by atoms with Crippen molar-refractivity contribution in [2.24, 2.45) is 22.7 Å². The molecule has 1 heterocycles. The molecule has 1 N–H and O–H groups in total. The van der Waals surface area contributed by atoms with Gasteiger partial charge >= 0.3 is 0 Å². The Morgan fingerprint density at radius 3 is 2.65 bits per heavy atom. The van der Waals surface area contributed by atoms with Gasteiger partial charge in [0, 0.05) is 38.2 Å². The number of aliphatic hydroxyl groups excluding tert-OH is 1. The van der Waals surface area contributed by atoms with E-state index in [1.165, 1.54) is 36.8 Å². The van der Waals surface area contributed by atoms with Crippen LogP contribution in [-0.2, 0) is 14.3 Å². The van der Waals surface area contributed by atoms with Crippen molar-refractivity contribution in [3.8, 4) is 11.8 Å².